The number of nitrogens with zero attached hydrogens (tertiary/aromatic N) is 3. The normalized spacial score (nSPS) is 15.3. The molecule has 0 aliphatic carbocycles. The summed E-state index contributed by atoms with van der Waals surface area (Å²) in [7, 11) is -1.63. The second kappa shape index (κ2) is 10.3. The molecule has 0 N–H and O–H groups in total. The fourth-order valence-electron chi connectivity index (χ4n) is 4.03. The monoisotopic (exact) mass is 463 g/mol. The average Bonchev–Trinajstić information content (AvgIpc) is 2.85. The summed E-state index contributed by atoms with van der Waals surface area (Å²) in [6.45, 7) is 3.58. The standard InChI is InChI=1S/C26H29N3O3S/c1-27(20-22-8-4-2-5-9-22)26(30)24-14-12-23(13-15-24)21-28-16-18-29(19-17-28)33(31,32)25-10-6-3-7-11-25/h2-15H,16-21H2,1H3. The molecule has 0 spiro atoms. The van der Waals surface area contributed by atoms with E-state index in [1.807, 2.05) is 67.7 Å². The molecule has 172 valence electrons. The molecule has 4 rings (SSSR count). The van der Waals surface area contributed by atoms with Crippen LogP contribution in [0.3, 0.4) is 0 Å². The van der Waals surface area contributed by atoms with Crippen molar-refractivity contribution < 1.29 is 13.2 Å². The second-order valence-corrected chi connectivity index (χ2v) is 10.3. The lowest BCUT2D eigenvalue weighted by atomic mass is 10.1. The maximum atomic E-state index is 12.8. The van der Waals surface area contributed by atoms with Crippen molar-refractivity contribution in [1.82, 2.24) is 14.1 Å². The smallest absolute Gasteiger partial charge is 0.253 e. The molecule has 1 heterocycles. The number of carbonyl (C=O) groups excluding carboxylic acids is 1. The summed E-state index contributed by atoms with van der Waals surface area (Å²) in [4.78, 5) is 17.1. The minimum absolute atomic E-state index is 0.00913. The highest BCUT2D eigenvalue weighted by molar-refractivity contribution is 7.89. The number of piperazine rings is 1. The molecule has 1 amide bonds. The first-order chi connectivity index (χ1) is 15.9. The largest absolute Gasteiger partial charge is 0.337 e. The van der Waals surface area contributed by atoms with E-state index in [-0.39, 0.29) is 5.91 Å². The van der Waals surface area contributed by atoms with Gasteiger partial charge in [0.05, 0.1) is 4.90 Å². The Morgan fingerprint density at radius 3 is 1.97 bits per heavy atom. The number of hydrogen-bond acceptors (Lipinski definition) is 4. The van der Waals surface area contributed by atoms with Gasteiger partial charge >= 0.3 is 0 Å². The number of rotatable bonds is 7. The molecule has 1 fully saturated rings. The number of benzene rings is 3. The molecular formula is C26H29N3O3S. The van der Waals surface area contributed by atoms with E-state index < -0.39 is 10.0 Å². The third kappa shape index (κ3) is 5.68. The van der Waals surface area contributed by atoms with Crippen molar-refractivity contribution in [2.75, 3.05) is 33.2 Å². The van der Waals surface area contributed by atoms with E-state index in [2.05, 4.69) is 4.90 Å². The number of carbonyl (C=O) groups is 1. The van der Waals surface area contributed by atoms with Gasteiger partial charge in [-0.2, -0.15) is 4.31 Å². The molecule has 0 saturated carbocycles. The van der Waals surface area contributed by atoms with E-state index in [1.165, 1.54) is 0 Å². The van der Waals surface area contributed by atoms with E-state index >= 15 is 0 Å². The minimum Gasteiger partial charge on any atom is -0.337 e. The van der Waals surface area contributed by atoms with Crippen molar-refractivity contribution in [3.05, 3.63) is 102 Å². The van der Waals surface area contributed by atoms with Crippen LogP contribution in [0.5, 0.6) is 0 Å². The highest BCUT2D eigenvalue weighted by Crippen LogP contribution is 2.18. The topological polar surface area (TPSA) is 60.9 Å². The Morgan fingerprint density at radius 2 is 1.36 bits per heavy atom. The lowest BCUT2D eigenvalue weighted by molar-refractivity contribution is 0.0785. The minimum atomic E-state index is -3.44. The van der Waals surface area contributed by atoms with Gasteiger partial charge in [0.2, 0.25) is 10.0 Å². The zero-order valence-electron chi connectivity index (χ0n) is 18.8. The van der Waals surface area contributed by atoms with Gasteiger partial charge in [-0.1, -0.05) is 60.7 Å². The summed E-state index contributed by atoms with van der Waals surface area (Å²) in [5.41, 5.74) is 2.87. The molecule has 1 aliphatic rings. The molecule has 1 saturated heterocycles. The Labute approximate surface area is 196 Å². The third-order valence-corrected chi connectivity index (χ3v) is 7.84. The molecule has 0 unspecified atom stereocenters. The molecule has 0 radical (unpaired) electrons. The number of sulfonamides is 1. The zero-order valence-corrected chi connectivity index (χ0v) is 19.6. The SMILES string of the molecule is CN(Cc1ccccc1)C(=O)c1ccc(CN2CCN(S(=O)(=O)c3ccccc3)CC2)cc1. The molecule has 3 aromatic rings. The molecule has 3 aromatic carbocycles. The van der Waals surface area contributed by atoms with Crippen molar-refractivity contribution in [3.63, 3.8) is 0 Å². The van der Waals surface area contributed by atoms with Crippen LogP contribution >= 0.6 is 0 Å². The first-order valence-corrected chi connectivity index (χ1v) is 12.5. The highest BCUT2D eigenvalue weighted by Gasteiger charge is 2.28. The van der Waals surface area contributed by atoms with Crippen LogP contribution in [0.2, 0.25) is 0 Å². The van der Waals surface area contributed by atoms with E-state index in [0.29, 0.717) is 43.2 Å². The lowest BCUT2D eigenvalue weighted by Gasteiger charge is -2.34. The summed E-state index contributed by atoms with van der Waals surface area (Å²) in [5, 5.41) is 0. The third-order valence-electron chi connectivity index (χ3n) is 5.93. The van der Waals surface area contributed by atoms with Gasteiger partial charge in [-0.3, -0.25) is 9.69 Å². The molecular weight excluding hydrogens is 434 g/mol. The summed E-state index contributed by atoms with van der Waals surface area (Å²) in [5.74, 6) is -0.00913. The zero-order chi connectivity index (χ0) is 23.3. The quantitative estimate of drug-likeness (QED) is 0.538. The van der Waals surface area contributed by atoms with Gasteiger partial charge in [-0.05, 0) is 35.4 Å². The van der Waals surface area contributed by atoms with Crippen LogP contribution in [0, 0.1) is 0 Å². The molecule has 0 aromatic heterocycles. The van der Waals surface area contributed by atoms with Gasteiger partial charge in [-0.25, -0.2) is 8.42 Å². The molecule has 7 heteroatoms. The van der Waals surface area contributed by atoms with Crippen LogP contribution in [0.25, 0.3) is 0 Å². The van der Waals surface area contributed by atoms with E-state index in [1.54, 1.807) is 33.5 Å². The van der Waals surface area contributed by atoms with E-state index in [4.69, 9.17) is 0 Å². The van der Waals surface area contributed by atoms with Crippen LogP contribution in [-0.2, 0) is 23.1 Å². The Kier molecular flexibility index (Phi) is 7.23. The van der Waals surface area contributed by atoms with Crippen LogP contribution in [0.4, 0.5) is 0 Å². The van der Waals surface area contributed by atoms with Gasteiger partial charge in [0.25, 0.3) is 5.91 Å². The maximum absolute atomic E-state index is 12.8. The van der Waals surface area contributed by atoms with Gasteiger partial charge in [-0.15, -0.1) is 0 Å². The molecule has 1 aliphatic heterocycles. The van der Waals surface area contributed by atoms with Crippen molar-refractivity contribution in [2.45, 2.75) is 18.0 Å². The molecule has 6 nitrogen and oxygen atoms in total. The molecule has 0 bridgehead atoms. The Morgan fingerprint density at radius 1 is 0.788 bits per heavy atom. The molecule has 0 atom stereocenters. The number of hydrogen-bond donors (Lipinski definition) is 0. The van der Waals surface area contributed by atoms with Crippen LogP contribution < -0.4 is 0 Å². The second-order valence-electron chi connectivity index (χ2n) is 8.34. The van der Waals surface area contributed by atoms with Crippen LogP contribution in [-0.4, -0.2) is 61.7 Å². The van der Waals surface area contributed by atoms with Gasteiger partial charge in [0, 0.05) is 51.9 Å². The van der Waals surface area contributed by atoms with Crippen molar-refractivity contribution >= 4 is 15.9 Å². The predicted molar refractivity (Wildman–Crippen MR) is 129 cm³/mol. The summed E-state index contributed by atoms with van der Waals surface area (Å²) >= 11 is 0. The first kappa shape index (κ1) is 23.2. The van der Waals surface area contributed by atoms with Crippen LogP contribution in [0.15, 0.2) is 89.8 Å². The Balaban J connectivity index is 1.30. The summed E-state index contributed by atoms with van der Waals surface area (Å²) < 4.78 is 27.1. The fourth-order valence-corrected chi connectivity index (χ4v) is 5.47. The first-order valence-electron chi connectivity index (χ1n) is 11.1. The highest BCUT2D eigenvalue weighted by atomic mass is 32.2. The van der Waals surface area contributed by atoms with E-state index in [9.17, 15) is 13.2 Å². The maximum Gasteiger partial charge on any atom is 0.253 e. The summed E-state index contributed by atoms with van der Waals surface area (Å²) in [6.07, 6.45) is 0. The van der Waals surface area contributed by atoms with Gasteiger partial charge in [0.1, 0.15) is 0 Å². The van der Waals surface area contributed by atoms with Gasteiger partial charge < -0.3 is 4.90 Å². The summed E-state index contributed by atoms with van der Waals surface area (Å²) in [6, 6.07) is 26.2. The predicted octanol–water partition coefficient (Wildman–Crippen LogP) is 3.47. The van der Waals surface area contributed by atoms with Crippen LogP contribution in [0.1, 0.15) is 21.5 Å². The Bertz CT molecular complexity index is 1160. The average molecular weight is 464 g/mol. The lowest BCUT2D eigenvalue weighted by Crippen LogP contribution is -2.48. The van der Waals surface area contributed by atoms with E-state index in [0.717, 1.165) is 17.7 Å². The fraction of sp³-hybridized carbons (Fsp3) is 0.269. The van der Waals surface area contributed by atoms with Crippen molar-refractivity contribution in [2.24, 2.45) is 0 Å². The van der Waals surface area contributed by atoms with Gasteiger partial charge in [0.15, 0.2) is 0 Å². The Hall–Kier alpha value is -3.00. The molecule has 33 heavy (non-hydrogen) atoms. The van der Waals surface area contributed by atoms with Crippen molar-refractivity contribution in [3.8, 4) is 0 Å². The number of amides is 1. The van der Waals surface area contributed by atoms with Crippen molar-refractivity contribution in [1.29, 1.82) is 0 Å².